The Morgan fingerprint density at radius 3 is 2.43 bits per heavy atom. The van der Waals surface area contributed by atoms with E-state index in [1.807, 2.05) is 0 Å². The molecule has 2 nitrogen and oxygen atoms in total. The van der Waals surface area contributed by atoms with Gasteiger partial charge in [-0.2, -0.15) is 0 Å². The monoisotopic (exact) mass is 197 g/mol. The lowest BCUT2D eigenvalue weighted by Gasteiger charge is -2.27. The Balaban J connectivity index is 3.08. The van der Waals surface area contributed by atoms with E-state index in [0.29, 0.717) is 5.56 Å². The van der Waals surface area contributed by atoms with Gasteiger partial charge in [-0.25, -0.2) is 4.39 Å². The van der Waals surface area contributed by atoms with Gasteiger partial charge in [0.15, 0.2) is 0 Å². The lowest BCUT2D eigenvalue weighted by Crippen LogP contribution is -2.39. The van der Waals surface area contributed by atoms with Crippen LogP contribution >= 0.6 is 0 Å². The van der Waals surface area contributed by atoms with Crippen molar-refractivity contribution in [1.82, 2.24) is 0 Å². The Kier molecular flexibility index (Phi) is 2.92. The molecular weight excluding hydrogens is 181 g/mol. The third-order valence-electron chi connectivity index (χ3n) is 2.23. The second-order valence-corrected chi connectivity index (χ2v) is 4.22. The third kappa shape index (κ3) is 2.30. The molecule has 0 heterocycles. The number of aliphatic hydroxyl groups is 1. The summed E-state index contributed by atoms with van der Waals surface area (Å²) < 4.78 is 12.8. The van der Waals surface area contributed by atoms with Crippen LogP contribution in [0.25, 0.3) is 0 Å². The van der Waals surface area contributed by atoms with Crippen molar-refractivity contribution in [3.63, 3.8) is 0 Å². The molecule has 0 amide bonds. The van der Waals surface area contributed by atoms with Crippen LogP contribution in [0.3, 0.4) is 0 Å². The second kappa shape index (κ2) is 3.67. The number of rotatable bonds is 2. The smallest absolute Gasteiger partial charge is 0.123 e. The molecule has 78 valence electrons. The first kappa shape index (κ1) is 11.1. The molecule has 1 aromatic rings. The number of aryl methyl sites for hydroxylation is 1. The lowest BCUT2D eigenvalue weighted by molar-refractivity contribution is 0.104. The Hall–Kier alpha value is -0.930. The summed E-state index contributed by atoms with van der Waals surface area (Å²) in [7, 11) is 0. The van der Waals surface area contributed by atoms with Gasteiger partial charge in [0.2, 0.25) is 0 Å². The van der Waals surface area contributed by atoms with E-state index in [4.69, 9.17) is 5.73 Å². The summed E-state index contributed by atoms with van der Waals surface area (Å²) in [4.78, 5) is 0. The van der Waals surface area contributed by atoms with E-state index in [-0.39, 0.29) is 5.82 Å². The highest BCUT2D eigenvalue weighted by Gasteiger charge is 2.25. The van der Waals surface area contributed by atoms with Crippen LogP contribution in [-0.2, 0) is 0 Å². The van der Waals surface area contributed by atoms with Gasteiger partial charge in [0.05, 0.1) is 6.10 Å². The van der Waals surface area contributed by atoms with Crippen molar-refractivity contribution in [2.75, 3.05) is 0 Å². The summed E-state index contributed by atoms with van der Waals surface area (Å²) in [6, 6.07) is 4.30. The molecular formula is C11H16FNO. The molecule has 3 N–H and O–H groups in total. The largest absolute Gasteiger partial charge is 0.386 e. The SMILES string of the molecule is Cc1cc(F)ccc1C(O)C(C)(C)N. The normalized spacial score (nSPS) is 14.1. The van der Waals surface area contributed by atoms with E-state index in [2.05, 4.69) is 0 Å². The van der Waals surface area contributed by atoms with Gasteiger partial charge in [0, 0.05) is 5.54 Å². The van der Waals surface area contributed by atoms with Gasteiger partial charge in [0.1, 0.15) is 5.82 Å². The molecule has 3 heteroatoms. The summed E-state index contributed by atoms with van der Waals surface area (Å²) in [5.74, 6) is -0.298. The summed E-state index contributed by atoms with van der Waals surface area (Å²) in [5, 5.41) is 9.88. The quantitative estimate of drug-likeness (QED) is 0.760. The number of hydrogen-bond donors (Lipinski definition) is 2. The van der Waals surface area contributed by atoms with Crippen LogP contribution in [0.1, 0.15) is 31.1 Å². The minimum Gasteiger partial charge on any atom is -0.386 e. The minimum absolute atomic E-state index is 0.298. The highest BCUT2D eigenvalue weighted by Crippen LogP contribution is 2.26. The van der Waals surface area contributed by atoms with Crippen LogP contribution in [0.15, 0.2) is 18.2 Å². The molecule has 1 rings (SSSR count). The molecule has 0 spiro atoms. The van der Waals surface area contributed by atoms with Crippen LogP contribution in [0.2, 0.25) is 0 Å². The Morgan fingerprint density at radius 2 is 2.00 bits per heavy atom. The third-order valence-corrected chi connectivity index (χ3v) is 2.23. The summed E-state index contributed by atoms with van der Waals surface area (Å²) in [6.07, 6.45) is -0.775. The van der Waals surface area contributed by atoms with Crippen molar-refractivity contribution in [1.29, 1.82) is 0 Å². The van der Waals surface area contributed by atoms with Crippen LogP contribution in [0.5, 0.6) is 0 Å². The van der Waals surface area contributed by atoms with Crippen molar-refractivity contribution in [3.8, 4) is 0 Å². The fourth-order valence-electron chi connectivity index (χ4n) is 1.35. The maximum atomic E-state index is 12.8. The van der Waals surface area contributed by atoms with E-state index in [0.717, 1.165) is 5.56 Å². The van der Waals surface area contributed by atoms with Gasteiger partial charge < -0.3 is 10.8 Å². The average molecular weight is 197 g/mol. The van der Waals surface area contributed by atoms with Gasteiger partial charge in [-0.15, -0.1) is 0 Å². The van der Waals surface area contributed by atoms with Crippen LogP contribution in [0.4, 0.5) is 4.39 Å². The molecule has 14 heavy (non-hydrogen) atoms. The highest BCUT2D eigenvalue weighted by atomic mass is 19.1. The topological polar surface area (TPSA) is 46.2 Å². The Morgan fingerprint density at radius 1 is 1.43 bits per heavy atom. The molecule has 0 saturated carbocycles. The maximum absolute atomic E-state index is 12.8. The Labute approximate surface area is 83.6 Å². The van der Waals surface area contributed by atoms with Gasteiger partial charge >= 0.3 is 0 Å². The van der Waals surface area contributed by atoms with Crippen LogP contribution in [-0.4, -0.2) is 10.6 Å². The first-order chi connectivity index (χ1) is 6.32. The van der Waals surface area contributed by atoms with Crippen LogP contribution < -0.4 is 5.73 Å². The average Bonchev–Trinajstić information content (AvgIpc) is 2.01. The molecule has 0 aliphatic rings. The molecule has 0 saturated heterocycles. The fourth-order valence-corrected chi connectivity index (χ4v) is 1.35. The molecule has 1 atom stereocenters. The molecule has 1 aromatic carbocycles. The summed E-state index contributed by atoms with van der Waals surface area (Å²) in [6.45, 7) is 5.23. The first-order valence-corrected chi connectivity index (χ1v) is 4.55. The highest BCUT2D eigenvalue weighted by molar-refractivity contribution is 5.30. The zero-order chi connectivity index (χ0) is 10.9. The molecule has 1 unspecified atom stereocenters. The predicted molar refractivity (Wildman–Crippen MR) is 54.4 cm³/mol. The molecule has 0 fully saturated rings. The van der Waals surface area contributed by atoms with Crippen molar-refractivity contribution in [3.05, 3.63) is 35.1 Å². The molecule has 0 bridgehead atoms. The molecule has 0 aliphatic carbocycles. The van der Waals surface area contributed by atoms with Crippen molar-refractivity contribution in [2.24, 2.45) is 5.73 Å². The molecule has 0 aromatic heterocycles. The summed E-state index contributed by atoms with van der Waals surface area (Å²) in [5.41, 5.74) is 6.45. The van der Waals surface area contributed by atoms with E-state index in [9.17, 15) is 9.50 Å². The summed E-state index contributed by atoms with van der Waals surface area (Å²) >= 11 is 0. The fraction of sp³-hybridized carbons (Fsp3) is 0.455. The maximum Gasteiger partial charge on any atom is 0.123 e. The van der Waals surface area contributed by atoms with Gasteiger partial charge in [-0.1, -0.05) is 6.07 Å². The van der Waals surface area contributed by atoms with E-state index in [1.165, 1.54) is 12.1 Å². The molecule has 0 radical (unpaired) electrons. The van der Waals surface area contributed by atoms with Gasteiger partial charge in [-0.3, -0.25) is 0 Å². The number of halogens is 1. The molecule has 0 aliphatic heterocycles. The van der Waals surface area contributed by atoms with E-state index >= 15 is 0 Å². The van der Waals surface area contributed by atoms with E-state index in [1.54, 1.807) is 26.8 Å². The number of benzene rings is 1. The van der Waals surface area contributed by atoms with Gasteiger partial charge in [0.25, 0.3) is 0 Å². The standard InChI is InChI=1S/C11H16FNO/c1-7-6-8(12)4-5-9(7)10(14)11(2,3)13/h4-6,10,14H,13H2,1-3H3. The predicted octanol–water partition coefficient (Wildman–Crippen LogP) is 1.90. The second-order valence-electron chi connectivity index (χ2n) is 4.22. The van der Waals surface area contributed by atoms with E-state index < -0.39 is 11.6 Å². The lowest BCUT2D eigenvalue weighted by atomic mass is 9.90. The van der Waals surface area contributed by atoms with Gasteiger partial charge in [-0.05, 0) is 44.0 Å². The van der Waals surface area contributed by atoms with Crippen molar-refractivity contribution in [2.45, 2.75) is 32.4 Å². The first-order valence-electron chi connectivity index (χ1n) is 4.55. The number of hydrogen-bond acceptors (Lipinski definition) is 2. The van der Waals surface area contributed by atoms with Crippen LogP contribution in [0, 0.1) is 12.7 Å². The zero-order valence-electron chi connectivity index (χ0n) is 8.71. The van der Waals surface area contributed by atoms with Crippen molar-refractivity contribution < 1.29 is 9.50 Å². The number of aliphatic hydroxyl groups excluding tert-OH is 1. The zero-order valence-corrected chi connectivity index (χ0v) is 8.71. The van der Waals surface area contributed by atoms with Crippen molar-refractivity contribution >= 4 is 0 Å². The number of nitrogens with two attached hydrogens (primary N) is 1. The minimum atomic E-state index is -0.775. The Bertz CT molecular complexity index is 331.